The van der Waals surface area contributed by atoms with Crippen LogP contribution in [0.2, 0.25) is 0 Å². The predicted molar refractivity (Wildman–Crippen MR) is 82.1 cm³/mol. The van der Waals surface area contributed by atoms with E-state index < -0.39 is 0 Å². The second-order valence-corrected chi connectivity index (χ2v) is 6.71. The zero-order valence-corrected chi connectivity index (χ0v) is 13.4. The highest BCUT2D eigenvalue weighted by molar-refractivity contribution is 5.91. The van der Waals surface area contributed by atoms with Crippen molar-refractivity contribution in [3.8, 4) is 0 Å². The van der Waals surface area contributed by atoms with E-state index in [0.29, 0.717) is 30.6 Å². The van der Waals surface area contributed by atoms with Crippen molar-refractivity contribution in [3.05, 3.63) is 23.7 Å². The van der Waals surface area contributed by atoms with Crippen LogP contribution in [-0.4, -0.2) is 19.6 Å². The van der Waals surface area contributed by atoms with E-state index in [0.717, 1.165) is 0 Å². The van der Waals surface area contributed by atoms with Gasteiger partial charge in [0.25, 0.3) is 5.91 Å². The third kappa shape index (κ3) is 4.34. The number of rotatable bonds is 6. The number of furan rings is 1. The summed E-state index contributed by atoms with van der Waals surface area (Å²) in [6, 6.07) is 3.49. The van der Waals surface area contributed by atoms with Gasteiger partial charge in [0.1, 0.15) is 12.4 Å². The Morgan fingerprint density at radius 3 is 2.71 bits per heavy atom. The average molecular weight is 293 g/mol. The van der Waals surface area contributed by atoms with Crippen molar-refractivity contribution in [2.24, 2.45) is 11.3 Å². The molecule has 1 saturated carbocycles. The fourth-order valence-electron chi connectivity index (χ4n) is 3.14. The molecule has 0 spiro atoms. The van der Waals surface area contributed by atoms with Crippen LogP contribution < -0.4 is 5.32 Å². The normalized spacial score (nSPS) is 16.9. The van der Waals surface area contributed by atoms with Crippen LogP contribution >= 0.6 is 0 Å². The van der Waals surface area contributed by atoms with Gasteiger partial charge in [0.05, 0.1) is 0 Å². The maximum absolute atomic E-state index is 12.1. The first-order valence-corrected chi connectivity index (χ1v) is 7.89. The topological polar surface area (TPSA) is 51.5 Å². The van der Waals surface area contributed by atoms with Gasteiger partial charge in [-0.25, -0.2) is 0 Å². The summed E-state index contributed by atoms with van der Waals surface area (Å²) in [4.78, 5) is 12.1. The maximum atomic E-state index is 12.1. The molecule has 2 rings (SSSR count). The first kappa shape index (κ1) is 16.1. The van der Waals surface area contributed by atoms with E-state index in [-0.39, 0.29) is 11.3 Å². The van der Waals surface area contributed by atoms with Gasteiger partial charge in [0.15, 0.2) is 5.76 Å². The zero-order chi connectivity index (χ0) is 15.3. The smallest absolute Gasteiger partial charge is 0.287 e. The van der Waals surface area contributed by atoms with Crippen molar-refractivity contribution in [1.29, 1.82) is 0 Å². The van der Waals surface area contributed by atoms with Crippen molar-refractivity contribution in [2.45, 2.75) is 52.6 Å². The molecule has 0 radical (unpaired) electrons. The van der Waals surface area contributed by atoms with E-state index in [4.69, 9.17) is 9.15 Å². The van der Waals surface area contributed by atoms with Gasteiger partial charge in [-0.15, -0.1) is 0 Å². The second kappa shape index (κ2) is 7.12. The molecule has 0 bridgehead atoms. The molecule has 1 aliphatic carbocycles. The minimum Gasteiger partial charge on any atom is -0.453 e. The fraction of sp³-hybridized carbons (Fsp3) is 0.706. The van der Waals surface area contributed by atoms with Gasteiger partial charge < -0.3 is 14.5 Å². The predicted octanol–water partition coefficient (Wildman–Crippen LogP) is 3.76. The van der Waals surface area contributed by atoms with Crippen LogP contribution in [0.3, 0.4) is 0 Å². The van der Waals surface area contributed by atoms with E-state index in [1.165, 1.54) is 32.1 Å². The van der Waals surface area contributed by atoms with Crippen LogP contribution in [0.1, 0.15) is 62.3 Å². The molecule has 0 saturated heterocycles. The minimum atomic E-state index is -0.138. The highest BCUT2D eigenvalue weighted by atomic mass is 16.5. The summed E-state index contributed by atoms with van der Waals surface area (Å²) in [7, 11) is 1.61. The number of nitrogens with one attached hydrogen (secondary N) is 1. The first-order valence-electron chi connectivity index (χ1n) is 7.89. The summed E-state index contributed by atoms with van der Waals surface area (Å²) in [5.41, 5.74) is 0.137. The van der Waals surface area contributed by atoms with E-state index in [2.05, 4.69) is 19.2 Å². The Morgan fingerprint density at radius 2 is 2.05 bits per heavy atom. The Labute approximate surface area is 127 Å². The molecule has 1 aromatic heterocycles. The van der Waals surface area contributed by atoms with Crippen molar-refractivity contribution in [1.82, 2.24) is 5.32 Å². The van der Waals surface area contributed by atoms with Gasteiger partial charge in [-0.1, -0.05) is 33.1 Å². The summed E-state index contributed by atoms with van der Waals surface area (Å²) < 4.78 is 10.4. The van der Waals surface area contributed by atoms with Gasteiger partial charge in [-0.2, -0.15) is 0 Å². The summed E-state index contributed by atoms with van der Waals surface area (Å²) in [5, 5.41) is 3.02. The number of methoxy groups -OCH3 is 1. The number of hydrogen-bond donors (Lipinski definition) is 1. The molecular weight excluding hydrogens is 266 g/mol. The average Bonchev–Trinajstić information content (AvgIpc) is 2.95. The third-order valence-electron chi connectivity index (χ3n) is 4.59. The van der Waals surface area contributed by atoms with E-state index >= 15 is 0 Å². The molecular formula is C17H27NO3. The molecule has 118 valence electrons. The van der Waals surface area contributed by atoms with Crippen molar-refractivity contribution < 1.29 is 13.9 Å². The van der Waals surface area contributed by atoms with Crippen LogP contribution in [0.5, 0.6) is 0 Å². The number of carbonyl (C=O) groups is 1. The fourth-order valence-corrected chi connectivity index (χ4v) is 3.14. The van der Waals surface area contributed by atoms with Gasteiger partial charge in [-0.05, 0) is 36.3 Å². The number of hydrogen-bond acceptors (Lipinski definition) is 3. The Balaban J connectivity index is 1.86. The molecule has 1 fully saturated rings. The van der Waals surface area contributed by atoms with Crippen molar-refractivity contribution in [2.75, 3.05) is 13.7 Å². The Kier molecular flexibility index (Phi) is 5.45. The van der Waals surface area contributed by atoms with Crippen LogP contribution in [0.15, 0.2) is 16.5 Å². The molecule has 1 amide bonds. The molecule has 1 aromatic rings. The molecule has 1 N–H and O–H groups in total. The molecule has 4 heteroatoms. The monoisotopic (exact) mass is 293 g/mol. The molecule has 0 aromatic carbocycles. The zero-order valence-electron chi connectivity index (χ0n) is 13.4. The summed E-state index contributed by atoms with van der Waals surface area (Å²) in [6.45, 7) is 5.58. The van der Waals surface area contributed by atoms with E-state index in [9.17, 15) is 4.79 Å². The quantitative estimate of drug-likeness (QED) is 0.868. The largest absolute Gasteiger partial charge is 0.453 e. The molecule has 1 aliphatic rings. The molecule has 21 heavy (non-hydrogen) atoms. The maximum Gasteiger partial charge on any atom is 0.287 e. The Hall–Kier alpha value is -1.29. The molecule has 0 atom stereocenters. The van der Waals surface area contributed by atoms with Crippen molar-refractivity contribution >= 4 is 5.91 Å². The van der Waals surface area contributed by atoms with E-state index in [1.54, 1.807) is 19.2 Å². The Morgan fingerprint density at radius 1 is 1.33 bits per heavy atom. The highest BCUT2D eigenvalue weighted by Gasteiger charge is 2.31. The minimum absolute atomic E-state index is 0.137. The second-order valence-electron chi connectivity index (χ2n) is 6.71. The lowest BCUT2D eigenvalue weighted by molar-refractivity contribution is 0.0864. The van der Waals surface area contributed by atoms with Crippen LogP contribution in [0, 0.1) is 11.3 Å². The SMILES string of the molecule is COCc1ccc(C(=O)NCC(C)(C)C2CCCCC2)o1. The molecule has 4 nitrogen and oxygen atoms in total. The van der Waals surface area contributed by atoms with Crippen LogP contribution in [0.4, 0.5) is 0 Å². The van der Waals surface area contributed by atoms with Crippen molar-refractivity contribution in [3.63, 3.8) is 0 Å². The third-order valence-corrected chi connectivity index (χ3v) is 4.59. The summed E-state index contributed by atoms with van der Waals surface area (Å²) >= 11 is 0. The van der Waals surface area contributed by atoms with Crippen LogP contribution in [0.25, 0.3) is 0 Å². The lowest BCUT2D eigenvalue weighted by atomic mass is 9.71. The highest BCUT2D eigenvalue weighted by Crippen LogP contribution is 2.37. The molecule has 0 aliphatic heterocycles. The molecule has 1 heterocycles. The lowest BCUT2D eigenvalue weighted by Crippen LogP contribution is -2.39. The van der Waals surface area contributed by atoms with Crippen LogP contribution in [-0.2, 0) is 11.3 Å². The first-order chi connectivity index (χ1) is 10.0. The summed E-state index contributed by atoms with van der Waals surface area (Å²) in [5.74, 6) is 1.60. The van der Waals surface area contributed by atoms with E-state index in [1.807, 2.05) is 0 Å². The molecule has 0 unspecified atom stereocenters. The standard InChI is InChI=1S/C17H27NO3/c1-17(2,13-7-5-4-6-8-13)12-18-16(19)15-10-9-14(21-15)11-20-3/h9-10,13H,4-8,11-12H2,1-3H3,(H,18,19). The number of carbonyl (C=O) groups excluding carboxylic acids is 1. The van der Waals surface area contributed by atoms with Gasteiger partial charge in [-0.3, -0.25) is 4.79 Å². The van der Waals surface area contributed by atoms with Gasteiger partial charge >= 0.3 is 0 Å². The number of ether oxygens (including phenoxy) is 1. The Bertz CT molecular complexity index is 458. The lowest BCUT2D eigenvalue weighted by Gasteiger charge is -2.37. The summed E-state index contributed by atoms with van der Waals surface area (Å²) in [6.07, 6.45) is 6.55. The van der Waals surface area contributed by atoms with Gasteiger partial charge in [0.2, 0.25) is 0 Å². The van der Waals surface area contributed by atoms with Gasteiger partial charge in [0, 0.05) is 13.7 Å². The number of amides is 1.